The number of nitrogens with zero attached hydrogens (tertiary/aromatic N) is 1. The molecule has 0 saturated heterocycles. The van der Waals surface area contributed by atoms with Crippen molar-refractivity contribution in [2.45, 2.75) is 27.7 Å². The van der Waals surface area contributed by atoms with Crippen molar-refractivity contribution in [3.05, 3.63) is 58.3 Å². The van der Waals surface area contributed by atoms with E-state index in [0.29, 0.717) is 46.0 Å². The monoisotopic (exact) mass is 485 g/mol. The van der Waals surface area contributed by atoms with Crippen LogP contribution in [0.4, 0.5) is 11.4 Å². The average molecular weight is 486 g/mol. The summed E-state index contributed by atoms with van der Waals surface area (Å²) >= 11 is 0. The smallest absolute Gasteiger partial charge is 0.256 e. The summed E-state index contributed by atoms with van der Waals surface area (Å²) in [6.07, 6.45) is 1.68. The number of likely N-dealkylation sites (N-methyl/N-ethyl adjacent to an activating group) is 1. The lowest BCUT2D eigenvalue weighted by molar-refractivity contribution is -0.110. The summed E-state index contributed by atoms with van der Waals surface area (Å²) < 4.78 is 26.1. The summed E-state index contributed by atoms with van der Waals surface area (Å²) in [5, 5.41) is 6.57. The number of amides is 2. The number of hydrogen-bond acceptors (Lipinski definition) is 5. The van der Waals surface area contributed by atoms with Crippen molar-refractivity contribution in [3.8, 4) is 0 Å². The van der Waals surface area contributed by atoms with Crippen LogP contribution < -0.4 is 15.4 Å². The average Bonchev–Trinajstić information content (AvgIpc) is 3.25. The molecular weight excluding hydrogens is 454 g/mol. The van der Waals surface area contributed by atoms with E-state index in [1.54, 1.807) is 24.3 Å². The Balaban J connectivity index is 1.88. The van der Waals surface area contributed by atoms with Gasteiger partial charge < -0.3 is 20.5 Å². The third-order valence-electron chi connectivity index (χ3n) is 5.88. The molecule has 1 aromatic heterocycles. The predicted octanol–water partition coefficient (Wildman–Crippen LogP) is 3.08. The lowest BCUT2D eigenvalue weighted by Crippen LogP contribution is -2.35. The van der Waals surface area contributed by atoms with Crippen molar-refractivity contribution in [2.75, 3.05) is 36.2 Å². The maximum absolute atomic E-state index is 12.8. The van der Waals surface area contributed by atoms with Gasteiger partial charge in [0, 0.05) is 46.8 Å². The van der Waals surface area contributed by atoms with E-state index in [4.69, 9.17) is 0 Å². The highest BCUT2D eigenvalue weighted by atomic mass is 32.2. The molecule has 2 amide bonds. The minimum absolute atomic E-state index is 0.166. The minimum atomic E-state index is -3.68. The summed E-state index contributed by atoms with van der Waals surface area (Å²) in [4.78, 5) is 30.9. The fraction of sp³-hybridized carbons (Fsp3) is 0.333. The number of sulfonamides is 1. The zero-order valence-electron chi connectivity index (χ0n) is 19.9. The van der Waals surface area contributed by atoms with Crippen LogP contribution in [0.15, 0.2) is 30.2 Å². The maximum atomic E-state index is 12.8. The van der Waals surface area contributed by atoms with Crippen LogP contribution in [-0.4, -0.2) is 56.3 Å². The van der Waals surface area contributed by atoms with Gasteiger partial charge in [-0.05, 0) is 56.8 Å². The molecule has 0 fully saturated rings. The molecule has 3 rings (SSSR count). The molecule has 0 radical (unpaired) electrons. The second-order valence-corrected chi connectivity index (χ2v) is 9.66. The predicted molar refractivity (Wildman–Crippen MR) is 136 cm³/mol. The Bertz CT molecular complexity index is 1260. The van der Waals surface area contributed by atoms with Gasteiger partial charge >= 0.3 is 0 Å². The third kappa shape index (κ3) is 5.40. The first-order valence-corrected chi connectivity index (χ1v) is 12.7. The first-order valence-electron chi connectivity index (χ1n) is 11.1. The molecule has 4 N–H and O–H groups in total. The van der Waals surface area contributed by atoms with E-state index in [9.17, 15) is 18.0 Å². The standard InChI is InChI=1S/C24H31N5O4S/c1-6-29(7-2)12-11-25-24(31)22-15(4)21(26-16(22)5)14-19-18-13-17(28-34(32,33)8-3)9-10-20(18)27-23(19)30/h8-10,13-14,26,28H,3,6-7,11-12H2,1-2,4-5H3,(H,25,31)(H,27,30)/b19-14-. The fourth-order valence-electron chi connectivity index (χ4n) is 3.96. The van der Waals surface area contributed by atoms with Crippen LogP contribution in [0.3, 0.4) is 0 Å². The number of fused-ring (bicyclic) bond motifs is 1. The van der Waals surface area contributed by atoms with Gasteiger partial charge in [0.2, 0.25) is 0 Å². The molecule has 1 aromatic carbocycles. The number of nitrogens with one attached hydrogen (secondary N) is 4. The zero-order chi connectivity index (χ0) is 25.0. The number of aryl methyl sites for hydroxylation is 1. The quantitative estimate of drug-likeness (QED) is 0.385. The highest BCUT2D eigenvalue weighted by Gasteiger charge is 2.26. The zero-order valence-corrected chi connectivity index (χ0v) is 20.7. The first kappa shape index (κ1) is 25.3. The molecule has 0 aliphatic carbocycles. The number of hydrogen-bond donors (Lipinski definition) is 4. The van der Waals surface area contributed by atoms with Gasteiger partial charge in [-0.2, -0.15) is 0 Å². The molecule has 9 nitrogen and oxygen atoms in total. The number of rotatable bonds is 10. The summed E-state index contributed by atoms with van der Waals surface area (Å²) in [6.45, 7) is 14.3. The molecule has 182 valence electrons. The van der Waals surface area contributed by atoms with Gasteiger partial charge in [-0.3, -0.25) is 14.3 Å². The molecule has 1 aliphatic heterocycles. The van der Waals surface area contributed by atoms with Crippen molar-refractivity contribution in [1.29, 1.82) is 0 Å². The molecular formula is C24H31N5O4S. The van der Waals surface area contributed by atoms with Gasteiger partial charge in [-0.15, -0.1) is 0 Å². The molecule has 2 heterocycles. The topological polar surface area (TPSA) is 123 Å². The van der Waals surface area contributed by atoms with E-state index in [1.165, 1.54) is 0 Å². The fourth-order valence-corrected chi connectivity index (χ4v) is 4.50. The molecule has 0 saturated carbocycles. The van der Waals surface area contributed by atoms with Crippen molar-refractivity contribution in [1.82, 2.24) is 15.2 Å². The van der Waals surface area contributed by atoms with Crippen LogP contribution in [0.5, 0.6) is 0 Å². The molecule has 34 heavy (non-hydrogen) atoms. The van der Waals surface area contributed by atoms with Crippen molar-refractivity contribution >= 4 is 44.9 Å². The largest absolute Gasteiger partial charge is 0.358 e. The highest BCUT2D eigenvalue weighted by Crippen LogP contribution is 2.36. The third-order valence-corrected chi connectivity index (χ3v) is 6.84. The first-order chi connectivity index (χ1) is 16.1. The van der Waals surface area contributed by atoms with Crippen molar-refractivity contribution in [2.24, 2.45) is 0 Å². The number of H-pyrrole nitrogens is 1. The van der Waals surface area contributed by atoms with Gasteiger partial charge in [0.15, 0.2) is 0 Å². The Labute approximate surface area is 200 Å². The molecule has 0 unspecified atom stereocenters. The number of carbonyl (C=O) groups is 2. The van der Waals surface area contributed by atoms with E-state index < -0.39 is 10.0 Å². The van der Waals surface area contributed by atoms with Gasteiger partial charge in [-0.25, -0.2) is 8.42 Å². The SMILES string of the molecule is C=CS(=O)(=O)Nc1ccc2c(c1)/C(=C/c1[nH]c(C)c(C(=O)NCCN(CC)CC)c1C)C(=O)N2. The summed E-state index contributed by atoms with van der Waals surface area (Å²) in [5.41, 5.74) is 4.45. The summed E-state index contributed by atoms with van der Waals surface area (Å²) in [6, 6.07) is 4.79. The van der Waals surface area contributed by atoms with E-state index in [-0.39, 0.29) is 11.8 Å². The van der Waals surface area contributed by atoms with Crippen LogP contribution in [0.1, 0.15) is 46.7 Å². The highest BCUT2D eigenvalue weighted by molar-refractivity contribution is 7.95. The van der Waals surface area contributed by atoms with Gasteiger partial charge in [0.05, 0.1) is 11.1 Å². The second-order valence-electron chi connectivity index (χ2n) is 8.03. The summed E-state index contributed by atoms with van der Waals surface area (Å²) in [7, 11) is -3.68. The second kappa shape index (κ2) is 10.3. The van der Waals surface area contributed by atoms with Crippen LogP contribution in [0, 0.1) is 13.8 Å². The number of carbonyl (C=O) groups excluding carboxylic acids is 2. The molecule has 2 aromatic rings. The van der Waals surface area contributed by atoms with Gasteiger partial charge in [0.1, 0.15) is 0 Å². The van der Waals surface area contributed by atoms with Crippen LogP contribution in [0.2, 0.25) is 0 Å². The molecule has 0 spiro atoms. The maximum Gasteiger partial charge on any atom is 0.256 e. The van der Waals surface area contributed by atoms with E-state index in [1.807, 2.05) is 13.8 Å². The Morgan fingerprint density at radius 2 is 1.91 bits per heavy atom. The lowest BCUT2D eigenvalue weighted by atomic mass is 10.0. The Morgan fingerprint density at radius 1 is 1.21 bits per heavy atom. The molecule has 10 heteroatoms. The van der Waals surface area contributed by atoms with Crippen LogP contribution in [0.25, 0.3) is 11.6 Å². The van der Waals surface area contributed by atoms with Gasteiger partial charge in [-0.1, -0.05) is 20.4 Å². The number of anilines is 2. The Kier molecular flexibility index (Phi) is 7.63. The number of aromatic nitrogens is 1. The Hall–Kier alpha value is -3.37. The van der Waals surface area contributed by atoms with Crippen molar-refractivity contribution in [3.63, 3.8) is 0 Å². The molecule has 0 atom stereocenters. The van der Waals surface area contributed by atoms with E-state index in [2.05, 4.69) is 45.7 Å². The number of aromatic amines is 1. The van der Waals surface area contributed by atoms with Gasteiger partial charge in [0.25, 0.3) is 21.8 Å². The van der Waals surface area contributed by atoms with Crippen LogP contribution >= 0.6 is 0 Å². The van der Waals surface area contributed by atoms with Crippen molar-refractivity contribution < 1.29 is 18.0 Å². The lowest BCUT2D eigenvalue weighted by Gasteiger charge is -2.18. The molecule has 1 aliphatic rings. The van der Waals surface area contributed by atoms with E-state index in [0.717, 1.165) is 30.6 Å². The number of benzene rings is 1. The van der Waals surface area contributed by atoms with E-state index >= 15 is 0 Å². The van der Waals surface area contributed by atoms with Crippen LogP contribution in [-0.2, 0) is 14.8 Å². The Morgan fingerprint density at radius 3 is 2.56 bits per heavy atom. The minimum Gasteiger partial charge on any atom is -0.358 e. The molecule has 0 bridgehead atoms. The normalized spacial score (nSPS) is 14.3. The summed E-state index contributed by atoms with van der Waals surface area (Å²) in [5.74, 6) is -0.476.